The van der Waals surface area contributed by atoms with E-state index in [-0.39, 0.29) is 6.04 Å². The number of ether oxygens (including phenoxy) is 1. The molecule has 1 atom stereocenters. The third-order valence-electron chi connectivity index (χ3n) is 2.78. The van der Waals surface area contributed by atoms with Crippen molar-refractivity contribution in [2.75, 3.05) is 25.1 Å². The summed E-state index contributed by atoms with van der Waals surface area (Å²) in [6.45, 7) is 0.879. The molecule has 2 N–H and O–H groups in total. The second-order valence-electron chi connectivity index (χ2n) is 3.83. The van der Waals surface area contributed by atoms with Crippen LogP contribution in [0.2, 0.25) is 0 Å². The van der Waals surface area contributed by atoms with Gasteiger partial charge in [-0.2, -0.15) is 0 Å². The number of nitrogens with zero attached hydrogens (tertiary/aromatic N) is 5. The average molecular weight is 246 g/mol. The monoisotopic (exact) mass is 246 g/mol. The molecule has 1 aromatic carbocycles. The summed E-state index contributed by atoms with van der Waals surface area (Å²) in [5.41, 5.74) is 15.1. The van der Waals surface area contributed by atoms with Gasteiger partial charge in [0.15, 0.2) is 5.96 Å². The highest BCUT2D eigenvalue weighted by atomic mass is 16.5. The Morgan fingerprint density at radius 3 is 2.89 bits per heavy atom. The van der Waals surface area contributed by atoms with Gasteiger partial charge in [0.1, 0.15) is 5.75 Å². The van der Waals surface area contributed by atoms with Crippen molar-refractivity contribution in [2.24, 2.45) is 15.8 Å². The molecule has 1 unspecified atom stereocenters. The Morgan fingerprint density at radius 2 is 2.28 bits per heavy atom. The molecule has 0 aromatic heterocycles. The van der Waals surface area contributed by atoms with Gasteiger partial charge >= 0.3 is 0 Å². The smallest absolute Gasteiger partial charge is 0.196 e. The lowest BCUT2D eigenvalue weighted by Gasteiger charge is -2.25. The average Bonchev–Trinajstić information content (AvgIpc) is 2.77. The fourth-order valence-corrected chi connectivity index (χ4v) is 1.90. The van der Waals surface area contributed by atoms with E-state index in [9.17, 15) is 0 Å². The van der Waals surface area contributed by atoms with E-state index in [0.717, 1.165) is 11.4 Å². The quantitative estimate of drug-likeness (QED) is 0.495. The van der Waals surface area contributed by atoms with Crippen LogP contribution < -0.4 is 15.4 Å². The van der Waals surface area contributed by atoms with Gasteiger partial charge in [-0.25, -0.2) is 0 Å². The van der Waals surface area contributed by atoms with Crippen LogP contribution in [0.3, 0.4) is 0 Å². The standard InChI is InChI=1S/C11H14N6O/c1-18-10-4-2-8(3-5-10)17-9(7-15-16-13)6-14-11(17)12/h2-5,9H,6-7H2,1H3,(H2,12,14). The van der Waals surface area contributed by atoms with E-state index < -0.39 is 0 Å². The topological polar surface area (TPSA) is 99.6 Å². The molecule has 7 nitrogen and oxygen atoms in total. The molecule has 0 aliphatic carbocycles. The number of hydrogen-bond donors (Lipinski definition) is 1. The highest BCUT2D eigenvalue weighted by Crippen LogP contribution is 2.23. The summed E-state index contributed by atoms with van der Waals surface area (Å²) in [4.78, 5) is 8.81. The maximum Gasteiger partial charge on any atom is 0.196 e. The molecule has 2 rings (SSSR count). The van der Waals surface area contributed by atoms with Crippen molar-refractivity contribution in [3.8, 4) is 5.75 Å². The Morgan fingerprint density at radius 1 is 1.56 bits per heavy atom. The van der Waals surface area contributed by atoms with Crippen molar-refractivity contribution in [1.82, 2.24) is 0 Å². The summed E-state index contributed by atoms with van der Waals surface area (Å²) in [5.74, 6) is 1.22. The Kier molecular flexibility index (Phi) is 3.54. The summed E-state index contributed by atoms with van der Waals surface area (Å²) in [6, 6.07) is 7.48. The molecule has 0 fully saturated rings. The Hall–Kier alpha value is -2.40. The minimum absolute atomic E-state index is 0.0192. The number of anilines is 1. The first-order chi connectivity index (χ1) is 8.76. The largest absolute Gasteiger partial charge is 0.497 e. The fraction of sp³-hybridized carbons (Fsp3) is 0.364. The van der Waals surface area contributed by atoms with Gasteiger partial charge in [0.25, 0.3) is 0 Å². The van der Waals surface area contributed by atoms with Crippen LogP contribution >= 0.6 is 0 Å². The van der Waals surface area contributed by atoms with Gasteiger partial charge in [0, 0.05) is 17.1 Å². The van der Waals surface area contributed by atoms with Crippen LogP contribution in [0.25, 0.3) is 10.4 Å². The van der Waals surface area contributed by atoms with Crippen molar-refractivity contribution in [1.29, 1.82) is 0 Å². The zero-order valence-electron chi connectivity index (χ0n) is 10.0. The van der Waals surface area contributed by atoms with Gasteiger partial charge < -0.3 is 15.4 Å². The number of azide groups is 1. The molecule has 18 heavy (non-hydrogen) atoms. The lowest BCUT2D eigenvalue weighted by Crippen LogP contribution is -2.42. The maximum absolute atomic E-state index is 8.37. The normalized spacial score (nSPS) is 18.2. The number of rotatable bonds is 4. The molecular formula is C11H14N6O. The number of benzene rings is 1. The molecule has 7 heteroatoms. The molecule has 1 aliphatic heterocycles. The highest BCUT2D eigenvalue weighted by molar-refractivity contribution is 5.97. The van der Waals surface area contributed by atoms with Crippen molar-refractivity contribution in [3.05, 3.63) is 34.7 Å². The molecule has 94 valence electrons. The second-order valence-corrected chi connectivity index (χ2v) is 3.83. The lowest BCUT2D eigenvalue weighted by atomic mass is 10.2. The molecule has 1 heterocycles. The van der Waals surface area contributed by atoms with E-state index in [2.05, 4.69) is 15.0 Å². The van der Waals surface area contributed by atoms with E-state index in [1.807, 2.05) is 29.2 Å². The number of guanidine groups is 1. The molecular weight excluding hydrogens is 232 g/mol. The first-order valence-electron chi connectivity index (χ1n) is 5.50. The van der Waals surface area contributed by atoms with Gasteiger partial charge in [-0.15, -0.1) is 0 Å². The van der Waals surface area contributed by atoms with Gasteiger partial charge in [-0.1, -0.05) is 5.11 Å². The summed E-state index contributed by atoms with van der Waals surface area (Å²) in [6.07, 6.45) is 0. The third-order valence-corrected chi connectivity index (χ3v) is 2.78. The van der Waals surface area contributed by atoms with E-state index in [1.54, 1.807) is 7.11 Å². The van der Waals surface area contributed by atoms with E-state index >= 15 is 0 Å². The van der Waals surface area contributed by atoms with Crippen LogP contribution in [0, 0.1) is 0 Å². The molecule has 0 amide bonds. The van der Waals surface area contributed by atoms with E-state index in [0.29, 0.717) is 19.0 Å². The SMILES string of the molecule is COc1ccc(N2C(N)=NCC2CN=[N+]=[N-])cc1. The third kappa shape index (κ3) is 2.31. The lowest BCUT2D eigenvalue weighted by molar-refractivity contribution is 0.415. The van der Waals surface area contributed by atoms with Crippen molar-refractivity contribution >= 4 is 11.6 Å². The molecule has 1 aromatic rings. The van der Waals surface area contributed by atoms with Crippen molar-refractivity contribution in [2.45, 2.75) is 6.04 Å². The highest BCUT2D eigenvalue weighted by Gasteiger charge is 2.26. The molecule has 0 saturated carbocycles. The Labute approximate surface area is 104 Å². The predicted octanol–water partition coefficient (Wildman–Crippen LogP) is 1.51. The summed E-state index contributed by atoms with van der Waals surface area (Å²) < 4.78 is 5.10. The molecule has 1 aliphatic rings. The number of nitrogens with two attached hydrogens (primary N) is 1. The van der Waals surface area contributed by atoms with Crippen molar-refractivity contribution in [3.63, 3.8) is 0 Å². The Bertz CT molecular complexity index is 491. The van der Waals surface area contributed by atoms with Crippen molar-refractivity contribution < 1.29 is 4.74 Å². The zero-order valence-corrected chi connectivity index (χ0v) is 10.0. The minimum atomic E-state index is -0.0192. The first kappa shape index (κ1) is 12.1. The number of aliphatic imine (C=N–C) groups is 1. The van der Waals surface area contributed by atoms with Crippen LogP contribution in [0.4, 0.5) is 5.69 Å². The van der Waals surface area contributed by atoms with Crippen LogP contribution in [0.15, 0.2) is 34.4 Å². The zero-order chi connectivity index (χ0) is 13.0. The van der Waals surface area contributed by atoms with Crippen LogP contribution in [-0.4, -0.2) is 32.2 Å². The van der Waals surface area contributed by atoms with Gasteiger partial charge in [-0.05, 0) is 29.8 Å². The first-order valence-corrected chi connectivity index (χ1v) is 5.50. The van der Waals surface area contributed by atoms with Crippen LogP contribution in [-0.2, 0) is 0 Å². The van der Waals surface area contributed by atoms with E-state index in [1.165, 1.54) is 0 Å². The minimum Gasteiger partial charge on any atom is -0.497 e. The van der Waals surface area contributed by atoms with Crippen LogP contribution in [0.5, 0.6) is 5.75 Å². The summed E-state index contributed by atoms with van der Waals surface area (Å²) in [7, 11) is 1.62. The molecule has 0 radical (unpaired) electrons. The molecule has 0 saturated heterocycles. The number of hydrogen-bond acceptors (Lipinski definition) is 5. The van der Waals surface area contributed by atoms with Gasteiger partial charge in [-0.3, -0.25) is 4.99 Å². The second kappa shape index (κ2) is 5.29. The number of methoxy groups -OCH3 is 1. The summed E-state index contributed by atoms with van der Waals surface area (Å²) >= 11 is 0. The summed E-state index contributed by atoms with van der Waals surface area (Å²) in [5, 5.41) is 3.58. The Balaban J connectivity index is 2.21. The maximum atomic E-state index is 8.37. The van der Waals surface area contributed by atoms with Gasteiger partial charge in [0.05, 0.1) is 19.7 Å². The predicted molar refractivity (Wildman–Crippen MR) is 69.8 cm³/mol. The molecule has 0 spiro atoms. The van der Waals surface area contributed by atoms with E-state index in [4.69, 9.17) is 16.0 Å². The van der Waals surface area contributed by atoms with Crippen LogP contribution in [0.1, 0.15) is 0 Å². The van der Waals surface area contributed by atoms with Gasteiger partial charge in [0.2, 0.25) is 0 Å². The molecule has 0 bridgehead atoms. The fourth-order valence-electron chi connectivity index (χ4n) is 1.90.